The third-order valence-corrected chi connectivity index (χ3v) is 4.49. The molecular weight excluding hydrogens is 413 g/mol. The van der Waals surface area contributed by atoms with Crippen molar-refractivity contribution in [2.75, 3.05) is 0 Å². The summed E-state index contributed by atoms with van der Waals surface area (Å²) in [5, 5.41) is 6.57. The smallest absolute Gasteiger partial charge is 0.273 e. The molecule has 1 N–H and O–H groups in total. The van der Waals surface area contributed by atoms with Crippen molar-refractivity contribution in [3.63, 3.8) is 0 Å². The van der Waals surface area contributed by atoms with E-state index in [0.717, 1.165) is 6.07 Å². The molecule has 9 heteroatoms. The fraction of sp³-hybridized carbons (Fsp3) is 0.235. The van der Waals surface area contributed by atoms with Crippen molar-refractivity contribution in [3.05, 3.63) is 63.8 Å². The Labute approximate surface area is 155 Å². The predicted octanol–water partition coefficient (Wildman–Crippen LogP) is 4.23. The second-order valence-corrected chi connectivity index (χ2v) is 6.75. The fourth-order valence-corrected chi connectivity index (χ4v) is 3.12. The van der Waals surface area contributed by atoms with Gasteiger partial charge in [0.1, 0.15) is 12.1 Å². The third kappa shape index (κ3) is 3.44. The first-order valence-electron chi connectivity index (χ1n) is 7.65. The van der Waals surface area contributed by atoms with Crippen molar-refractivity contribution in [1.82, 2.24) is 19.9 Å². The van der Waals surface area contributed by atoms with Gasteiger partial charge in [0.15, 0.2) is 5.65 Å². The summed E-state index contributed by atoms with van der Waals surface area (Å²) in [5.74, 6) is -4.84. The summed E-state index contributed by atoms with van der Waals surface area (Å²) in [6, 6.07) is 4.48. The molecule has 5 nitrogen and oxygen atoms in total. The molecule has 1 amide bonds. The molecule has 2 aromatic heterocycles. The lowest BCUT2D eigenvalue weighted by atomic mass is 10.0. The molecule has 0 aliphatic rings. The van der Waals surface area contributed by atoms with Crippen molar-refractivity contribution in [1.29, 1.82) is 0 Å². The lowest BCUT2D eigenvalue weighted by molar-refractivity contribution is 0.0135. The normalized spacial score (nSPS) is 13.0. The summed E-state index contributed by atoms with van der Waals surface area (Å²) in [6.07, 6.45) is 2.82. The van der Waals surface area contributed by atoms with Crippen molar-refractivity contribution >= 4 is 27.5 Å². The van der Waals surface area contributed by atoms with Crippen molar-refractivity contribution in [3.8, 4) is 0 Å². The summed E-state index contributed by atoms with van der Waals surface area (Å²) in [6.45, 7) is 2.15. The van der Waals surface area contributed by atoms with Crippen LogP contribution in [0.3, 0.4) is 0 Å². The molecular formula is C17H14BrF3N4O. The zero-order valence-corrected chi connectivity index (χ0v) is 15.4. The van der Waals surface area contributed by atoms with E-state index >= 15 is 0 Å². The van der Waals surface area contributed by atoms with E-state index in [-0.39, 0.29) is 11.1 Å². The van der Waals surface area contributed by atoms with E-state index in [4.69, 9.17) is 0 Å². The van der Waals surface area contributed by atoms with Crippen LogP contribution in [0.15, 0.2) is 41.3 Å². The Morgan fingerprint density at radius 1 is 1.38 bits per heavy atom. The fourth-order valence-electron chi connectivity index (χ4n) is 2.59. The van der Waals surface area contributed by atoms with Gasteiger partial charge in [-0.25, -0.2) is 22.7 Å². The van der Waals surface area contributed by atoms with Crippen molar-refractivity contribution in [2.24, 2.45) is 0 Å². The Kier molecular flexibility index (Phi) is 4.74. The molecule has 0 aliphatic heterocycles. The van der Waals surface area contributed by atoms with Crippen LogP contribution in [0.5, 0.6) is 0 Å². The maximum absolute atomic E-state index is 14.4. The number of pyridine rings is 1. The Morgan fingerprint density at radius 2 is 2.12 bits per heavy atom. The number of rotatable bonds is 4. The van der Waals surface area contributed by atoms with Crippen LogP contribution in [0, 0.1) is 5.82 Å². The summed E-state index contributed by atoms with van der Waals surface area (Å²) < 4.78 is 43.4. The van der Waals surface area contributed by atoms with Crippen LogP contribution in [-0.2, 0) is 5.92 Å². The number of benzene rings is 1. The first-order valence-corrected chi connectivity index (χ1v) is 8.44. The summed E-state index contributed by atoms with van der Waals surface area (Å²) >= 11 is 3.30. The third-order valence-electron chi connectivity index (χ3n) is 3.91. The van der Waals surface area contributed by atoms with Crippen LogP contribution in [0.1, 0.15) is 41.4 Å². The maximum Gasteiger partial charge on any atom is 0.273 e. The molecule has 0 radical (unpaired) electrons. The van der Waals surface area contributed by atoms with E-state index in [9.17, 15) is 18.0 Å². The van der Waals surface area contributed by atoms with Gasteiger partial charge in [0.05, 0.1) is 21.6 Å². The van der Waals surface area contributed by atoms with E-state index in [1.54, 1.807) is 6.07 Å². The van der Waals surface area contributed by atoms with Crippen LogP contribution in [0.25, 0.3) is 5.65 Å². The summed E-state index contributed by atoms with van der Waals surface area (Å²) in [5.41, 5.74) is 0.0822. The number of halogens is 4. The Hall–Kier alpha value is -2.42. The number of nitrogens with zero attached hydrogens (tertiary/aromatic N) is 3. The minimum absolute atomic E-state index is 0.0155. The van der Waals surface area contributed by atoms with Crippen LogP contribution >= 0.6 is 15.9 Å². The lowest BCUT2D eigenvalue weighted by Crippen LogP contribution is -2.28. The molecule has 3 aromatic rings. The Balaban J connectivity index is 1.87. The number of aromatic nitrogens is 3. The molecule has 1 aromatic carbocycles. The highest BCUT2D eigenvalue weighted by molar-refractivity contribution is 9.10. The molecule has 26 heavy (non-hydrogen) atoms. The van der Waals surface area contributed by atoms with E-state index in [2.05, 4.69) is 31.3 Å². The highest BCUT2D eigenvalue weighted by Crippen LogP contribution is 2.32. The van der Waals surface area contributed by atoms with Gasteiger partial charge in [0.25, 0.3) is 11.8 Å². The largest absolute Gasteiger partial charge is 0.345 e. The molecule has 0 spiro atoms. The van der Waals surface area contributed by atoms with Crippen LogP contribution in [0.2, 0.25) is 0 Å². The van der Waals surface area contributed by atoms with Crippen LogP contribution < -0.4 is 5.32 Å². The van der Waals surface area contributed by atoms with Crippen LogP contribution in [0.4, 0.5) is 13.2 Å². The zero-order valence-electron chi connectivity index (χ0n) is 13.8. The highest BCUT2D eigenvalue weighted by Gasteiger charge is 2.30. The lowest BCUT2D eigenvalue weighted by Gasteiger charge is -2.19. The first kappa shape index (κ1) is 18.4. The molecule has 136 valence electrons. The number of hydrogen-bond donors (Lipinski definition) is 1. The van der Waals surface area contributed by atoms with E-state index < -0.39 is 29.3 Å². The van der Waals surface area contributed by atoms with E-state index in [0.29, 0.717) is 17.0 Å². The first-order chi connectivity index (χ1) is 12.2. The molecule has 1 atom stereocenters. The summed E-state index contributed by atoms with van der Waals surface area (Å²) in [7, 11) is 0. The minimum atomic E-state index is -3.31. The van der Waals surface area contributed by atoms with E-state index in [1.807, 2.05) is 0 Å². The molecule has 0 unspecified atom stereocenters. The Bertz CT molecular complexity index is 984. The Morgan fingerprint density at radius 3 is 2.81 bits per heavy atom. The molecule has 0 aliphatic carbocycles. The molecule has 0 bridgehead atoms. The van der Waals surface area contributed by atoms with Gasteiger partial charge < -0.3 is 5.32 Å². The van der Waals surface area contributed by atoms with Gasteiger partial charge in [-0.1, -0.05) is 18.2 Å². The number of amides is 1. The average molecular weight is 427 g/mol. The number of hydrogen-bond acceptors (Lipinski definition) is 3. The number of nitrogens with one attached hydrogen (secondary N) is 1. The van der Waals surface area contributed by atoms with Gasteiger partial charge in [-0.2, -0.15) is 5.10 Å². The minimum Gasteiger partial charge on any atom is -0.345 e. The molecule has 0 saturated carbocycles. The van der Waals surface area contributed by atoms with Gasteiger partial charge in [0.2, 0.25) is 0 Å². The average Bonchev–Trinajstić information content (AvgIpc) is 3.02. The molecule has 2 heterocycles. The number of fused-ring (bicyclic) bond motifs is 1. The topological polar surface area (TPSA) is 59.3 Å². The second kappa shape index (κ2) is 6.71. The van der Waals surface area contributed by atoms with Gasteiger partial charge in [-0.05, 0) is 28.9 Å². The summed E-state index contributed by atoms with van der Waals surface area (Å²) in [4.78, 5) is 16.5. The number of alkyl halides is 2. The van der Waals surface area contributed by atoms with Gasteiger partial charge >= 0.3 is 0 Å². The zero-order chi connectivity index (χ0) is 19.1. The van der Waals surface area contributed by atoms with Gasteiger partial charge in [-0.15, -0.1) is 0 Å². The molecule has 3 rings (SSSR count). The molecule has 0 fully saturated rings. The van der Waals surface area contributed by atoms with E-state index in [1.165, 1.54) is 36.1 Å². The standard InChI is InChI=1S/C17H14BrF3N4O/c1-9(11-4-3-5-12(14(11)19)17(2,20)21)24-16(26)10-6-13(18)15-22-8-23-25(15)7-10/h3-9H,1-2H3,(H,24,26)/t9-/m1/s1. The second-order valence-electron chi connectivity index (χ2n) is 5.90. The van der Waals surface area contributed by atoms with Crippen molar-refractivity contribution in [2.45, 2.75) is 25.8 Å². The van der Waals surface area contributed by atoms with Gasteiger partial charge in [0, 0.05) is 18.7 Å². The van der Waals surface area contributed by atoms with Gasteiger partial charge in [-0.3, -0.25) is 4.79 Å². The number of carbonyl (C=O) groups is 1. The monoisotopic (exact) mass is 426 g/mol. The van der Waals surface area contributed by atoms with Crippen LogP contribution in [-0.4, -0.2) is 20.5 Å². The SMILES string of the molecule is C[C@@H](NC(=O)c1cc(Br)c2ncnn2c1)c1cccc(C(C)(F)F)c1F. The van der Waals surface area contributed by atoms with Crippen molar-refractivity contribution < 1.29 is 18.0 Å². The quantitative estimate of drug-likeness (QED) is 0.678. The number of carbonyl (C=O) groups excluding carboxylic acids is 1. The maximum atomic E-state index is 14.4. The predicted molar refractivity (Wildman–Crippen MR) is 92.5 cm³/mol. The molecule has 0 saturated heterocycles. The highest BCUT2D eigenvalue weighted by atomic mass is 79.9.